The Morgan fingerprint density at radius 2 is 2.00 bits per heavy atom. The molecule has 120 valence electrons. The van der Waals surface area contributed by atoms with Crippen molar-refractivity contribution in [1.29, 1.82) is 0 Å². The number of rotatable bonds is 6. The molecular weight excluding hydrogens is 292 g/mol. The first kappa shape index (κ1) is 15.3. The fraction of sp³-hybridized carbons (Fsp3) is 0.294. The first-order valence-electron chi connectivity index (χ1n) is 7.47. The molecule has 6 nitrogen and oxygen atoms in total. The van der Waals surface area contributed by atoms with Crippen molar-refractivity contribution in [3.8, 4) is 11.5 Å². The lowest BCUT2D eigenvalue weighted by Gasteiger charge is -2.15. The van der Waals surface area contributed by atoms with Crippen molar-refractivity contribution >= 4 is 5.65 Å². The minimum atomic E-state index is 0.0548. The summed E-state index contributed by atoms with van der Waals surface area (Å²) in [5.41, 5.74) is 1.91. The molecular formula is C17H20N4O2. The van der Waals surface area contributed by atoms with Gasteiger partial charge in [-0.15, -0.1) is 10.2 Å². The molecule has 23 heavy (non-hydrogen) atoms. The second kappa shape index (κ2) is 6.66. The highest BCUT2D eigenvalue weighted by molar-refractivity contribution is 5.41. The van der Waals surface area contributed by atoms with Gasteiger partial charge in [0.25, 0.3) is 0 Å². The van der Waals surface area contributed by atoms with Gasteiger partial charge in [-0.2, -0.15) is 0 Å². The topological polar surface area (TPSA) is 60.7 Å². The first-order chi connectivity index (χ1) is 11.2. The van der Waals surface area contributed by atoms with Crippen molar-refractivity contribution in [2.75, 3.05) is 14.2 Å². The SMILES string of the molecule is COc1ccc(CN[C@@H](C)c2nnc3ccccn23)c(OC)c1. The first-order valence-corrected chi connectivity index (χ1v) is 7.47. The highest BCUT2D eigenvalue weighted by atomic mass is 16.5. The molecule has 1 aromatic carbocycles. The van der Waals surface area contributed by atoms with Crippen LogP contribution in [0.15, 0.2) is 42.6 Å². The average Bonchev–Trinajstić information content (AvgIpc) is 3.03. The lowest BCUT2D eigenvalue weighted by atomic mass is 10.1. The number of nitrogens with zero attached hydrogens (tertiary/aromatic N) is 3. The summed E-state index contributed by atoms with van der Waals surface area (Å²) in [5.74, 6) is 2.46. The molecule has 0 saturated heterocycles. The van der Waals surface area contributed by atoms with E-state index < -0.39 is 0 Å². The molecule has 3 rings (SSSR count). The molecule has 0 amide bonds. The Bertz CT molecular complexity index is 800. The van der Waals surface area contributed by atoms with Crippen LogP contribution in [-0.4, -0.2) is 28.8 Å². The van der Waals surface area contributed by atoms with Gasteiger partial charge in [0.15, 0.2) is 11.5 Å². The Labute approximate surface area is 135 Å². The van der Waals surface area contributed by atoms with Gasteiger partial charge < -0.3 is 14.8 Å². The van der Waals surface area contributed by atoms with E-state index >= 15 is 0 Å². The summed E-state index contributed by atoms with van der Waals surface area (Å²) in [6.45, 7) is 2.73. The van der Waals surface area contributed by atoms with E-state index in [0.717, 1.165) is 28.5 Å². The third kappa shape index (κ3) is 3.12. The Morgan fingerprint density at radius 3 is 2.78 bits per heavy atom. The predicted octanol–water partition coefficient (Wildman–Crippen LogP) is 2.60. The number of hydrogen-bond acceptors (Lipinski definition) is 5. The van der Waals surface area contributed by atoms with Crippen LogP contribution in [0.2, 0.25) is 0 Å². The van der Waals surface area contributed by atoms with Gasteiger partial charge in [-0.3, -0.25) is 4.40 Å². The molecule has 3 aromatic rings. The number of benzene rings is 1. The van der Waals surface area contributed by atoms with Crippen LogP contribution in [0.4, 0.5) is 0 Å². The lowest BCUT2D eigenvalue weighted by Crippen LogP contribution is -2.20. The van der Waals surface area contributed by atoms with E-state index in [0.29, 0.717) is 6.54 Å². The highest BCUT2D eigenvalue weighted by Gasteiger charge is 2.13. The molecule has 6 heteroatoms. The number of ether oxygens (including phenoxy) is 2. The van der Waals surface area contributed by atoms with Gasteiger partial charge in [0.05, 0.1) is 20.3 Å². The smallest absolute Gasteiger partial charge is 0.160 e. The number of hydrogen-bond donors (Lipinski definition) is 1. The van der Waals surface area contributed by atoms with E-state index in [4.69, 9.17) is 9.47 Å². The molecule has 0 aliphatic carbocycles. The lowest BCUT2D eigenvalue weighted by molar-refractivity contribution is 0.388. The van der Waals surface area contributed by atoms with Crippen molar-refractivity contribution < 1.29 is 9.47 Å². The van der Waals surface area contributed by atoms with E-state index in [1.165, 1.54) is 0 Å². The third-order valence-corrected chi connectivity index (χ3v) is 3.82. The van der Waals surface area contributed by atoms with Crippen LogP contribution in [0, 0.1) is 0 Å². The summed E-state index contributed by atoms with van der Waals surface area (Å²) >= 11 is 0. The number of nitrogens with one attached hydrogen (secondary N) is 1. The largest absolute Gasteiger partial charge is 0.497 e. The van der Waals surface area contributed by atoms with Crippen LogP contribution in [0.1, 0.15) is 24.4 Å². The van der Waals surface area contributed by atoms with Crippen molar-refractivity contribution in [2.45, 2.75) is 19.5 Å². The Hall–Kier alpha value is -2.60. The van der Waals surface area contributed by atoms with Gasteiger partial charge in [-0.25, -0.2) is 0 Å². The van der Waals surface area contributed by atoms with Crippen LogP contribution in [-0.2, 0) is 6.54 Å². The molecule has 0 aliphatic heterocycles. The molecule has 0 bridgehead atoms. The van der Waals surface area contributed by atoms with E-state index in [-0.39, 0.29) is 6.04 Å². The zero-order valence-electron chi connectivity index (χ0n) is 13.5. The van der Waals surface area contributed by atoms with Gasteiger partial charge in [-0.1, -0.05) is 12.1 Å². The number of fused-ring (bicyclic) bond motifs is 1. The van der Waals surface area contributed by atoms with E-state index in [1.54, 1.807) is 14.2 Å². The second-order valence-electron chi connectivity index (χ2n) is 5.27. The highest BCUT2D eigenvalue weighted by Crippen LogP contribution is 2.25. The van der Waals surface area contributed by atoms with Crippen molar-refractivity contribution in [2.24, 2.45) is 0 Å². The van der Waals surface area contributed by atoms with Crippen molar-refractivity contribution in [3.05, 3.63) is 54.0 Å². The van der Waals surface area contributed by atoms with Gasteiger partial charge in [0.1, 0.15) is 11.5 Å². The second-order valence-corrected chi connectivity index (χ2v) is 5.27. The summed E-state index contributed by atoms with van der Waals surface area (Å²) in [5, 5.41) is 11.9. The van der Waals surface area contributed by atoms with Gasteiger partial charge >= 0.3 is 0 Å². The molecule has 0 spiro atoms. The van der Waals surface area contributed by atoms with Gasteiger partial charge in [0, 0.05) is 24.4 Å². The zero-order chi connectivity index (χ0) is 16.2. The summed E-state index contributed by atoms with van der Waals surface area (Å²) in [7, 11) is 3.30. The maximum absolute atomic E-state index is 5.43. The minimum Gasteiger partial charge on any atom is -0.497 e. The van der Waals surface area contributed by atoms with Crippen LogP contribution in [0.5, 0.6) is 11.5 Å². The average molecular weight is 312 g/mol. The monoisotopic (exact) mass is 312 g/mol. The Balaban J connectivity index is 1.75. The molecule has 1 atom stereocenters. The van der Waals surface area contributed by atoms with Gasteiger partial charge in [0.2, 0.25) is 0 Å². The van der Waals surface area contributed by atoms with Crippen molar-refractivity contribution in [1.82, 2.24) is 19.9 Å². The Kier molecular flexibility index (Phi) is 4.43. The number of methoxy groups -OCH3 is 2. The van der Waals surface area contributed by atoms with Crippen LogP contribution in [0.25, 0.3) is 5.65 Å². The Morgan fingerprint density at radius 1 is 1.13 bits per heavy atom. The number of aromatic nitrogens is 3. The maximum atomic E-state index is 5.43. The molecule has 0 aliphatic rings. The van der Waals surface area contributed by atoms with Gasteiger partial charge in [-0.05, 0) is 25.1 Å². The third-order valence-electron chi connectivity index (χ3n) is 3.82. The summed E-state index contributed by atoms with van der Waals surface area (Å²) < 4.78 is 12.6. The fourth-order valence-corrected chi connectivity index (χ4v) is 2.51. The molecule has 0 radical (unpaired) electrons. The number of pyridine rings is 1. The molecule has 2 aromatic heterocycles. The molecule has 0 saturated carbocycles. The van der Waals surface area contributed by atoms with E-state index in [9.17, 15) is 0 Å². The molecule has 0 unspecified atom stereocenters. The molecule has 1 N–H and O–H groups in total. The molecule has 2 heterocycles. The van der Waals surface area contributed by atoms with E-state index in [2.05, 4.69) is 22.4 Å². The quantitative estimate of drug-likeness (QED) is 0.758. The minimum absolute atomic E-state index is 0.0548. The summed E-state index contributed by atoms with van der Waals surface area (Å²) in [4.78, 5) is 0. The van der Waals surface area contributed by atoms with Crippen LogP contribution >= 0.6 is 0 Å². The zero-order valence-corrected chi connectivity index (χ0v) is 13.5. The van der Waals surface area contributed by atoms with Crippen LogP contribution < -0.4 is 14.8 Å². The fourth-order valence-electron chi connectivity index (χ4n) is 2.51. The van der Waals surface area contributed by atoms with E-state index in [1.807, 2.05) is 47.0 Å². The predicted molar refractivity (Wildman–Crippen MR) is 87.8 cm³/mol. The standard InChI is InChI=1S/C17H20N4O2/c1-12(17-20-19-16-6-4-5-9-21(16)17)18-11-13-7-8-14(22-2)10-15(13)23-3/h4-10,12,18H,11H2,1-3H3/t12-/m0/s1. The summed E-state index contributed by atoms with van der Waals surface area (Å²) in [6, 6.07) is 11.7. The van der Waals surface area contributed by atoms with Crippen molar-refractivity contribution in [3.63, 3.8) is 0 Å². The molecule has 0 fully saturated rings. The normalized spacial score (nSPS) is 12.3. The van der Waals surface area contributed by atoms with Crippen LogP contribution in [0.3, 0.4) is 0 Å². The maximum Gasteiger partial charge on any atom is 0.160 e. The summed E-state index contributed by atoms with van der Waals surface area (Å²) in [6.07, 6.45) is 1.97.